The Labute approximate surface area is 167 Å². The number of furan rings is 1. The van der Waals surface area contributed by atoms with E-state index in [1.165, 1.54) is 32.1 Å². The molecule has 1 aromatic rings. The van der Waals surface area contributed by atoms with Crippen LogP contribution in [0.4, 0.5) is 0 Å². The summed E-state index contributed by atoms with van der Waals surface area (Å²) in [6.07, 6.45) is 10.3. The van der Waals surface area contributed by atoms with Crippen LogP contribution in [0.15, 0.2) is 28.0 Å². The highest BCUT2D eigenvalue weighted by Gasteiger charge is 2.28. The number of halogens is 1. The van der Waals surface area contributed by atoms with Crippen molar-refractivity contribution in [3.8, 4) is 0 Å². The molecule has 1 aliphatic heterocycles. The van der Waals surface area contributed by atoms with Crippen LogP contribution in [0.25, 0.3) is 0 Å². The van der Waals surface area contributed by atoms with Gasteiger partial charge in [-0.3, -0.25) is 0 Å². The molecule has 3 rings (SSSR count). The summed E-state index contributed by atoms with van der Waals surface area (Å²) < 4.78 is 28.3. The zero-order valence-electron chi connectivity index (χ0n) is 14.4. The number of hydrogen-bond acceptors (Lipinski definition) is 4. The maximum absolute atomic E-state index is 11.6. The SMILES string of the molecule is I.O=S1(=O)CCC(CNC(=NCc2ccoc2)NC2CCCCC2)C1. The molecule has 1 aromatic heterocycles. The molecule has 2 heterocycles. The summed E-state index contributed by atoms with van der Waals surface area (Å²) in [6.45, 7) is 1.21. The highest BCUT2D eigenvalue weighted by molar-refractivity contribution is 14.0. The van der Waals surface area contributed by atoms with E-state index in [4.69, 9.17) is 4.42 Å². The minimum absolute atomic E-state index is 0. The summed E-state index contributed by atoms with van der Waals surface area (Å²) in [6, 6.07) is 2.37. The third-order valence-corrected chi connectivity index (χ3v) is 6.67. The standard InChI is InChI=1S/C17H27N3O3S.HI/c21-24(22)9-7-15(13-24)11-19-17(18-10-14-6-8-23-12-14)20-16-4-2-1-3-5-16;/h6,8,12,15-16H,1-5,7,9-11,13H2,(H2,18,19,20);1H. The number of rotatable bonds is 5. The highest BCUT2D eigenvalue weighted by atomic mass is 127. The molecule has 1 atom stereocenters. The minimum Gasteiger partial charge on any atom is -0.472 e. The van der Waals surface area contributed by atoms with Crippen LogP contribution in [-0.2, 0) is 16.4 Å². The van der Waals surface area contributed by atoms with E-state index < -0.39 is 9.84 Å². The largest absolute Gasteiger partial charge is 0.472 e. The monoisotopic (exact) mass is 481 g/mol. The Balaban J connectivity index is 0.00000225. The van der Waals surface area contributed by atoms with Crippen molar-refractivity contribution >= 4 is 39.8 Å². The molecular weight excluding hydrogens is 453 g/mol. The van der Waals surface area contributed by atoms with Gasteiger partial charge in [0.2, 0.25) is 0 Å². The lowest BCUT2D eigenvalue weighted by Gasteiger charge is -2.25. The first-order chi connectivity index (χ1) is 11.6. The molecule has 0 spiro atoms. The fourth-order valence-electron chi connectivity index (χ4n) is 3.42. The molecule has 142 valence electrons. The molecule has 1 saturated heterocycles. The van der Waals surface area contributed by atoms with Gasteiger partial charge in [-0.2, -0.15) is 0 Å². The third kappa shape index (κ3) is 6.80. The van der Waals surface area contributed by atoms with Crippen molar-refractivity contribution in [2.24, 2.45) is 10.9 Å². The van der Waals surface area contributed by atoms with Gasteiger partial charge in [0.05, 0.1) is 30.6 Å². The lowest BCUT2D eigenvalue weighted by Crippen LogP contribution is -2.45. The molecule has 0 radical (unpaired) electrons. The molecule has 1 saturated carbocycles. The first kappa shape index (κ1) is 20.5. The molecule has 1 unspecified atom stereocenters. The van der Waals surface area contributed by atoms with E-state index in [-0.39, 0.29) is 29.9 Å². The van der Waals surface area contributed by atoms with Crippen molar-refractivity contribution in [2.75, 3.05) is 18.1 Å². The molecule has 6 nitrogen and oxygen atoms in total. The van der Waals surface area contributed by atoms with Gasteiger partial charge in [-0.1, -0.05) is 19.3 Å². The van der Waals surface area contributed by atoms with Gasteiger partial charge in [0.25, 0.3) is 0 Å². The normalized spacial score (nSPS) is 23.8. The van der Waals surface area contributed by atoms with Crippen molar-refractivity contribution < 1.29 is 12.8 Å². The van der Waals surface area contributed by atoms with E-state index in [1.54, 1.807) is 12.5 Å². The van der Waals surface area contributed by atoms with E-state index in [2.05, 4.69) is 15.6 Å². The Kier molecular flexibility index (Phi) is 8.05. The zero-order chi connectivity index (χ0) is 16.8. The maximum atomic E-state index is 11.6. The van der Waals surface area contributed by atoms with Crippen LogP contribution >= 0.6 is 24.0 Å². The second kappa shape index (κ2) is 9.80. The lowest BCUT2D eigenvalue weighted by molar-refractivity contribution is 0.408. The minimum atomic E-state index is -2.83. The highest BCUT2D eigenvalue weighted by Crippen LogP contribution is 2.18. The Morgan fingerprint density at radius 2 is 2.04 bits per heavy atom. The van der Waals surface area contributed by atoms with Crippen LogP contribution in [0.2, 0.25) is 0 Å². The molecule has 2 aliphatic rings. The molecule has 0 aromatic carbocycles. The Bertz CT molecular complexity index is 640. The smallest absolute Gasteiger partial charge is 0.191 e. The number of nitrogens with one attached hydrogen (secondary N) is 2. The summed E-state index contributed by atoms with van der Waals surface area (Å²) in [5.41, 5.74) is 1.03. The molecule has 8 heteroatoms. The molecule has 1 aliphatic carbocycles. The van der Waals surface area contributed by atoms with E-state index in [0.29, 0.717) is 30.6 Å². The summed E-state index contributed by atoms with van der Waals surface area (Å²) in [7, 11) is -2.83. The molecule has 25 heavy (non-hydrogen) atoms. The van der Waals surface area contributed by atoms with Crippen molar-refractivity contribution in [1.29, 1.82) is 0 Å². The fourth-order valence-corrected chi connectivity index (χ4v) is 5.28. The Hall–Kier alpha value is -0.770. The van der Waals surface area contributed by atoms with Crippen LogP contribution < -0.4 is 10.6 Å². The zero-order valence-corrected chi connectivity index (χ0v) is 17.6. The van der Waals surface area contributed by atoms with E-state index in [9.17, 15) is 8.42 Å². The Morgan fingerprint density at radius 3 is 2.68 bits per heavy atom. The van der Waals surface area contributed by atoms with Crippen molar-refractivity contribution in [2.45, 2.75) is 51.1 Å². The average molecular weight is 481 g/mol. The van der Waals surface area contributed by atoms with Crippen LogP contribution in [0.1, 0.15) is 44.1 Å². The first-order valence-corrected chi connectivity index (χ1v) is 10.7. The number of nitrogens with zero attached hydrogens (tertiary/aromatic N) is 1. The maximum Gasteiger partial charge on any atom is 0.191 e. The van der Waals surface area contributed by atoms with Crippen LogP contribution in [-0.4, -0.2) is 38.5 Å². The topological polar surface area (TPSA) is 83.7 Å². The van der Waals surface area contributed by atoms with Gasteiger partial charge in [-0.15, -0.1) is 24.0 Å². The van der Waals surface area contributed by atoms with Crippen molar-refractivity contribution in [1.82, 2.24) is 10.6 Å². The van der Waals surface area contributed by atoms with Gasteiger partial charge in [0.15, 0.2) is 15.8 Å². The van der Waals surface area contributed by atoms with Crippen LogP contribution in [0, 0.1) is 5.92 Å². The molecule has 2 fully saturated rings. The van der Waals surface area contributed by atoms with Crippen molar-refractivity contribution in [3.05, 3.63) is 24.2 Å². The second-order valence-corrected chi connectivity index (χ2v) is 9.15. The van der Waals surface area contributed by atoms with Crippen molar-refractivity contribution in [3.63, 3.8) is 0 Å². The molecule has 2 N–H and O–H groups in total. The summed E-state index contributed by atoms with van der Waals surface area (Å²) in [4.78, 5) is 4.64. The molecule has 0 bridgehead atoms. The quantitative estimate of drug-likeness (QED) is 0.384. The Morgan fingerprint density at radius 1 is 1.24 bits per heavy atom. The number of guanidine groups is 1. The fraction of sp³-hybridized carbons (Fsp3) is 0.706. The average Bonchev–Trinajstić information content (AvgIpc) is 3.20. The van der Waals surface area contributed by atoms with E-state index in [0.717, 1.165) is 17.9 Å². The summed E-state index contributed by atoms with van der Waals surface area (Å²) in [5.74, 6) is 1.57. The second-order valence-electron chi connectivity index (χ2n) is 6.93. The van der Waals surface area contributed by atoms with Gasteiger partial charge < -0.3 is 15.1 Å². The molecular formula is C17H28IN3O3S. The van der Waals surface area contributed by atoms with Crippen LogP contribution in [0.3, 0.4) is 0 Å². The predicted octanol–water partition coefficient (Wildman–Crippen LogP) is 2.70. The predicted molar refractivity (Wildman–Crippen MR) is 110 cm³/mol. The summed E-state index contributed by atoms with van der Waals surface area (Å²) in [5, 5.41) is 6.87. The van der Waals surface area contributed by atoms with Gasteiger partial charge in [-0.05, 0) is 31.2 Å². The van der Waals surface area contributed by atoms with Gasteiger partial charge in [0.1, 0.15) is 0 Å². The first-order valence-electron chi connectivity index (χ1n) is 8.87. The van der Waals surface area contributed by atoms with Gasteiger partial charge >= 0.3 is 0 Å². The van der Waals surface area contributed by atoms with Gasteiger partial charge in [0, 0.05) is 18.2 Å². The third-order valence-electron chi connectivity index (χ3n) is 4.83. The summed E-state index contributed by atoms with van der Waals surface area (Å²) >= 11 is 0. The number of sulfone groups is 1. The van der Waals surface area contributed by atoms with Crippen LogP contribution in [0.5, 0.6) is 0 Å². The van der Waals surface area contributed by atoms with Gasteiger partial charge in [-0.25, -0.2) is 13.4 Å². The van der Waals surface area contributed by atoms with E-state index in [1.807, 2.05) is 6.07 Å². The number of aliphatic imine (C=N–C) groups is 1. The molecule has 0 amide bonds. The number of hydrogen-bond donors (Lipinski definition) is 2. The lowest BCUT2D eigenvalue weighted by atomic mass is 9.96. The van der Waals surface area contributed by atoms with E-state index >= 15 is 0 Å².